The van der Waals surface area contributed by atoms with E-state index in [1.54, 1.807) is 19.0 Å². The molecule has 0 aliphatic carbocycles. The Bertz CT molecular complexity index is 391. The molecule has 0 bridgehead atoms. The van der Waals surface area contributed by atoms with Gasteiger partial charge in [0.1, 0.15) is 6.04 Å². The summed E-state index contributed by atoms with van der Waals surface area (Å²) in [5, 5.41) is 5.37. The fourth-order valence-corrected chi connectivity index (χ4v) is 2.05. The highest BCUT2D eigenvalue weighted by Gasteiger charge is 2.34. The zero-order valence-electron chi connectivity index (χ0n) is 13.7. The minimum absolute atomic E-state index is 0.161. The van der Waals surface area contributed by atoms with Gasteiger partial charge < -0.3 is 15.5 Å². The lowest BCUT2D eigenvalue weighted by atomic mass is 9.86. The van der Waals surface area contributed by atoms with Crippen LogP contribution in [0, 0.1) is 5.41 Å². The number of thiol groups is 1. The Labute approximate surface area is 132 Å². The Morgan fingerprint density at radius 3 is 2.00 bits per heavy atom. The molecule has 0 spiro atoms. The van der Waals surface area contributed by atoms with E-state index >= 15 is 0 Å². The van der Waals surface area contributed by atoms with E-state index < -0.39 is 17.5 Å². The molecular formula is C14H27N3O3S. The lowest BCUT2D eigenvalue weighted by molar-refractivity contribution is -0.133. The van der Waals surface area contributed by atoms with Gasteiger partial charge in [0.2, 0.25) is 11.8 Å². The molecule has 7 heteroatoms. The van der Waals surface area contributed by atoms with Crippen molar-refractivity contribution in [3.05, 3.63) is 0 Å². The van der Waals surface area contributed by atoms with Gasteiger partial charge in [-0.15, -0.1) is 0 Å². The fourth-order valence-electron chi connectivity index (χ4n) is 1.70. The maximum atomic E-state index is 12.4. The molecule has 21 heavy (non-hydrogen) atoms. The first-order valence-electron chi connectivity index (χ1n) is 6.84. The van der Waals surface area contributed by atoms with Crippen molar-refractivity contribution in [2.75, 3.05) is 26.4 Å². The molecule has 2 N–H and O–H groups in total. The summed E-state index contributed by atoms with van der Waals surface area (Å²) >= 11 is 4.06. The van der Waals surface area contributed by atoms with Crippen LogP contribution in [0.15, 0.2) is 0 Å². The lowest BCUT2D eigenvalue weighted by Crippen LogP contribution is -2.57. The van der Waals surface area contributed by atoms with Gasteiger partial charge in [-0.05, 0) is 26.4 Å². The van der Waals surface area contributed by atoms with E-state index in [-0.39, 0.29) is 29.9 Å². The molecule has 6 nitrogen and oxygen atoms in total. The van der Waals surface area contributed by atoms with Crippen LogP contribution in [0.3, 0.4) is 0 Å². The van der Waals surface area contributed by atoms with Gasteiger partial charge in [-0.3, -0.25) is 14.4 Å². The van der Waals surface area contributed by atoms with Gasteiger partial charge in [0.25, 0.3) is 0 Å². The van der Waals surface area contributed by atoms with Crippen LogP contribution in [-0.4, -0.2) is 61.0 Å². The summed E-state index contributed by atoms with van der Waals surface area (Å²) in [5.74, 6) is -0.543. The molecule has 2 unspecified atom stereocenters. The molecule has 0 rings (SSSR count). The van der Waals surface area contributed by atoms with Crippen molar-refractivity contribution in [3.8, 4) is 0 Å². The van der Waals surface area contributed by atoms with Crippen LogP contribution in [-0.2, 0) is 14.4 Å². The SMILES string of the molecule is CC(=O)C(CS)NC(=O)C(NC(=O)CN(C)C)C(C)(C)C. The minimum atomic E-state index is -0.716. The number of carbonyl (C=O) groups is 3. The molecule has 0 aliphatic rings. The van der Waals surface area contributed by atoms with Gasteiger partial charge in [0.05, 0.1) is 12.6 Å². The van der Waals surface area contributed by atoms with Crippen molar-refractivity contribution in [2.24, 2.45) is 5.41 Å². The smallest absolute Gasteiger partial charge is 0.243 e. The molecule has 2 atom stereocenters. The lowest BCUT2D eigenvalue weighted by Gasteiger charge is -2.31. The largest absolute Gasteiger partial charge is 0.344 e. The molecule has 2 amide bonds. The molecule has 0 radical (unpaired) electrons. The third-order valence-corrected chi connectivity index (χ3v) is 3.25. The minimum Gasteiger partial charge on any atom is -0.344 e. The van der Waals surface area contributed by atoms with Crippen LogP contribution >= 0.6 is 12.6 Å². The summed E-state index contributed by atoms with van der Waals surface area (Å²) in [6, 6.07) is -1.36. The number of likely N-dealkylation sites (N-methyl/N-ethyl adjacent to an activating group) is 1. The van der Waals surface area contributed by atoms with Crippen LogP contribution in [0.5, 0.6) is 0 Å². The third-order valence-electron chi connectivity index (χ3n) is 2.88. The summed E-state index contributed by atoms with van der Waals surface area (Å²) in [5.41, 5.74) is -0.468. The van der Waals surface area contributed by atoms with Gasteiger partial charge in [-0.2, -0.15) is 12.6 Å². The normalized spacial score (nSPS) is 14.5. The quantitative estimate of drug-likeness (QED) is 0.581. The molecule has 0 heterocycles. The predicted molar refractivity (Wildman–Crippen MR) is 86.4 cm³/mol. The molecule has 0 aromatic carbocycles. The van der Waals surface area contributed by atoms with Crippen molar-refractivity contribution < 1.29 is 14.4 Å². The first kappa shape index (κ1) is 19.9. The Balaban J connectivity index is 4.95. The Hall–Kier alpha value is -1.08. The van der Waals surface area contributed by atoms with E-state index in [1.165, 1.54) is 6.92 Å². The average Bonchev–Trinajstić information content (AvgIpc) is 2.29. The van der Waals surface area contributed by atoms with Gasteiger partial charge in [-0.25, -0.2) is 0 Å². The van der Waals surface area contributed by atoms with Crippen LogP contribution in [0.2, 0.25) is 0 Å². The van der Waals surface area contributed by atoms with E-state index in [1.807, 2.05) is 20.8 Å². The number of nitrogens with zero attached hydrogens (tertiary/aromatic N) is 1. The van der Waals surface area contributed by atoms with E-state index in [4.69, 9.17) is 0 Å². The monoisotopic (exact) mass is 317 g/mol. The maximum absolute atomic E-state index is 12.4. The topological polar surface area (TPSA) is 78.5 Å². The van der Waals surface area contributed by atoms with E-state index in [0.717, 1.165) is 0 Å². The summed E-state index contributed by atoms with van der Waals surface area (Å²) in [4.78, 5) is 37.4. The number of amides is 2. The summed E-state index contributed by atoms with van der Waals surface area (Å²) in [6.45, 7) is 7.17. The van der Waals surface area contributed by atoms with E-state index in [2.05, 4.69) is 23.3 Å². The first-order valence-corrected chi connectivity index (χ1v) is 7.48. The predicted octanol–water partition coefficient (Wildman–Crippen LogP) is 0.0825. The van der Waals surface area contributed by atoms with Crippen molar-refractivity contribution in [1.82, 2.24) is 15.5 Å². The van der Waals surface area contributed by atoms with Gasteiger partial charge in [0, 0.05) is 5.75 Å². The zero-order chi connectivity index (χ0) is 16.8. The summed E-state index contributed by atoms with van der Waals surface area (Å²) < 4.78 is 0. The Morgan fingerprint density at radius 2 is 1.67 bits per heavy atom. The molecule has 0 aromatic heterocycles. The Kier molecular flexibility index (Phi) is 7.95. The highest BCUT2D eigenvalue weighted by atomic mass is 32.1. The van der Waals surface area contributed by atoms with Crippen LogP contribution in [0.1, 0.15) is 27.7 Å². The number of rotatable bonds is 7. The van der Waals surface area contributed by atoms with Crippen molar-refractivity contribution in [3.63, 3.8) is 0 Å². The van der Waals surface area contributed by atoms with Crippen molar-refractivity contribution >= 4 is 30.2 Å². The number of ketones is 1. The molecule has 0 saturated heterocycles. The van der Waals surface area contributed by atoms with E-state index in [9.17, 15) is 14.4 Å². The van der Waals surface area contributed by atoms with Gasteiger partial charge in [0.15, 0.2) is 5.78 Å². The van der Waals surface area contributed by atoms with Gasteiger partial charge >= 0.3 is 0 Å². The molecule has 0 aliphatic heterocycles. The fraction of sp³-hybridized carbons (Fsp3) is 0.786. The van der Waals surface area contributed by atoms with Crippen LogP contribution < -0.4 is 10.6 Å². The van der Waals surface area contributed by atoms with Crippen molar-refractivity contribution in [1.29, 1.82) is 0 Å². The number of Topliss-reactive ketones (excluding diaryl/α,β-unsaturated/α-hetero) is 1. The average molecular weight is 317 g/mol. The summed E-state index contributed by atoms with van der Waals surface area (Å²) in [7, 11) is 3.55. The number of hydrogen-bond acceptors (Lipinski definition) is 5. The number of carbonyl (C=O) groups excluding carboxylic acids is 3. The molecule has 0 fully saturated rings. The van der Waals surface area contributed by atoms with E-state index in [0.29, 0.717) is 0 Å². The zero-order valence-corrected chi connectivity index (χ0v) is 14.6. The second kappa shape index (κ2) is 8.38. The third kappa shape index (κ3) is 7.47. The highest BCUT2D eigenvalue weighted by molar-refractivity contribution is 7.80. The molecule has 0 saturated carbocycles. The second-order valence-corrected chi connectivity index (χ2v) is 6.82. The summed E-state index contributed by atoms with van der Waals surface area (Å²) in [6.07, 6.45) is 0. The van der Waals surface area contributed by atoms with Crippen LogP contribution in [0.25, 0.3) is 0 Å². The van der Waals surface area contributed by atoms with Crippen LogP contribution in [0.4, 0.5) is 0 Å². The first-order chi connectivity index (χ1) is 9.48. The standard InChI is InChI=1S/C14H27N3O3S/c1-9(18)10(8-21)15-13(20)12(14(2,3)4)16-11(19)7-17(5)6/h10,12,21H,7-8H2,1-6H3,(H,15,20)(H,16,19). The van der Waals surface area contributed by atoms with Gasteiger partial charge in [-0.1, -0.05) is 20.8 Å². The highest BCUT2D eigenvalue weighted by Crippen LogP contribution is 2.19. The van der Waals surface area contributed by atoms with Crippen molar-refractivity contribution in [2.45, 2.75) is 39.8 Å². The number of hydrogen-bond donors (Lipinski definition) is 3. The molecule has 0 aromatic rings. The Morgan fingerprint density at radius 1 is 1.14 bits per heavy atom. The maximum Gasteiger partial charge on any atom is 0.243 e. The molecular weight excluding hydrogens is 290 g/mol. The second-order valence-electron chi connectivity index (χ2n) is 6.46. The molecule has 122 valence electrons. The number of nitrogens with one attached hydrogen (secondary N) is 2.